The summed E-state index contributed by atoms with van der Waals surface area (Å²) in [5.74, 6) is 0.0854. The van der Waals surface area contributed by atoms with Gasteiger partial charge in [0.15, 0.2) is 0 Å². The molecule has 0 aliphatic carbocycles. The molecular formula is C28H36N2O2S. The van der Waals surface area contributed by atoms with Crippen molar-refractivity contribution in [2.45, 2.75) is 45.2 Å². The van der Waals surface area contributed by atoms with Gasteiger partial charge in [-0.15, -0.1) is 0 Å². The largest absolute Gasteiger partial charge is 0.311 e. The molecular weight excluding hydrogens is 428 g/mol. The second-order valence-electron chi connectivity index (χ2n) is 8.38. The molecule has 3 aromatic rings. The van der Waals surface area contributed by atoms with Crippen LogP contribution < -0.4 is 5.32 Å². The number of hydrogen-bond acceptors (Lipinski definition) is 3. The van der Waals surface area contributed by atoms with E-state index in [2.05, 4.69) is 37.4 Å². The zero-order valence-electron chi connectivity index (χ0n) is 20.2. The summed E-state index contributed by atoms with van der Waals surface area (Å²) >= 11 is 0. The zero-order valence-corrected chi connectivity index (χ0v) is 21.0. The maximum absolute atomic E-state index is 13.7. The van der Waals surface area contributed by atoms with E-state index < -0.39 is 10.0 Å². The van der Waals surface area contributed by atoms with Crippen molar-refractivity contribution in [3.8, 4) is 0 Å². The fourth-order valence-corrected chi connectivity index (χ4v) is 5.99. The number of sulfonamides is 1. The molecule has 0 heterocycles. The fraction of sp³-hybridized carbons (Fsp3) is 0.357. The van der Waals surface area contributed by atoms with Crippen LogP contribution in [0, 0.1) is 0 Å². The summed E-state index contributed by atoms with van der Waals surface area (Å²) in [4.78, 5) is 0. The highest BCUT2D eigenvalue weighted by Crippen LogP contribution is 2.35. The molecule has 0 amide bonds. The van der Waals surface area contributed by atoms with Gasteiger partial charge in [0.05, 0.1) is 17.8 Å². The van der Waals surface area contributed by atoms with E-state index in [9.17, 15) is 8.42 Å². The van der Waals surface area contributed by atoms with Crippen LogP contribution in [-0.2, 0) is 29.3 Å². The Morgan fingerprint density at radius 2 is 1.30 bits per heavy atom. The number of hydrogen-bond donors (Lipinski definition) is 1. The molecule has 0 bridgehead atoms. The summed E-state index contributed by atoms with van der Waals surface area (Å²) in [7, 11) is 0.0774. The number of nitrogens with one attached hydrogen (secondary N) is 1. The molecule has 0 saturated carbocycles. The van der Waals surface area contributed by atoms with Crippen LogP contribution in [0.3, 0.4) is 0 Å². The van der Waals surface area contributed by atoms with Crippen LogP contribution in [0.15, 0.2) is 78.9 Å². The molecule has 176 valence electrons. The number of rotatable bonds is 11. The lowest BCUT2D eigenvalue weighted by Gasteiger charge is -2.35. The molecule has 0 radical (unpaired) electrons. The van der Waals surface area contributed by atoms with Crippen molar-refractivity contribution in [3.05, 3.63) is 107 Å². The van der Waals surface area contributed by atoms with Crippen LogP contribution in [0.5, 0.6) is 0 Å². The van der Waals surface area contributed by atoms with Crippen LogP contribution in [-0.4, -0.2) is 32.6 Å². The Morgan fingerprint density at radius 3 is 1.79 bits per heavy atom. The second kappa shape index (κ2) is 11.6. The highest BCUT2D eigenvalue weighted by atomic mass is 32.2. The Morgan fingerprint density at radius 1 is 0.788 bits per heavy atom. The molecule has 0 aliphatic heterocycles. The van der Waals surface area contributed by atoms with Gasteiger partial charge in [0.25, 0.3) is 0 Å². The van der Waals surface area contributed by atoms with Crippen molar-refractivity contribution in [3.63, 3.8) is 0 Å². The van der Waals surface area contributed by atoms with Crippen molar-refractivity contribution in [1.82, 2.24) is 9.62 Å². The predicted octanol–water partition coefficient (Wildman–Crippen LogP) is 5.32. The Hall–Kier alpha value is -2.47. The van der Waals surface area contributed by atoms with Gasteiger partial charge in [0, 0.05) is 7.05 Å². The highest BCUT2D eigenvalue weighted by Gasteiger charge is 2.34. The summed E-state index contributed by atoms with van der Waals surface area (Å²) in [5.41, 5.74) is 5.69. The molecule has 0 aliphatic rings. The minimum absolute atomic E-state index is 0.0854. The SMILES string of the molecule is CCc1cccc(CC)c1CCS(=O)(=O)N(C)C(c1ccccc1)C(NC)c1ccccc1. The van der Waals surface area contributed by atoms with Gasteiger partial charge >= 0.3 is 0 Å². The van der Waals surface area contributed by atoms with E-state index in [1.54, 1.807) is 11.4 Å². The Balaban J connectivity index is 1.95. The molecule has 5 heteroatoms. The quantitative estimate of drug-likeness (QED) is 0.418. The highest BCUT2D eigenvalue weighted by molar-refractivity contribution is 7.89. The molecule has 4 nitrogen and oxygen atoms in total. The minimum Gasteiger partial charge on any atom is -0.311 e. The molecule has 0 saturated heterocycles. The Labute approximate surface area is 199 Å². The van der Waals surface area contributed by atoms with Crippen molar-refractivity contribution in [2.75, 3.05) is 19.8 Å². The van der Waals surface area contributed by atoms with Crippen LogP contribution in [0.4, 0.5) is 0 Å². The molecule has 0 fully saturated rings. The van der Waals surface area contributed by atoms with Gasteiger partial charge in [-0.25, -0.2) is 8.42 Å². The third-order valence-electron chi connectivity index (χ3n) is 6.50. The molecule has 0 spiro atoms. The lowest BCUT2D eigenvalue weighted by Crippen LogP contribution is -2.40. The zero-order chi connectivity index (χ0) is 23.8. The van der Waals surface area contributed by atoms with Crippen molar-refractivity contribution in [2.24, 2.45) is 0 Å². The summed E-state index contributed by atoms with van der Waals surface area (Å²) in [6.45, 7) is 4.25. The minimum atomic E-state index is -3.53. The summed E-state index contributed by atoms with van der Waals surface area (Å²) in [5, 5.41) is 3.37. The van der Waals surface area contributed by atoms with Gasteiger partial charge in [-0.05, 0) is 54.1 Å². The van der Waals surface area contributed by atoms with Gasteiger partial charge in [0.1, 0.15) is 0 Å². The number of nitrogens with zero attached hydrogens (tertiary/aromatic N) is 1. The van der Waals surface area contributed by atoms with E-state index in [4.69, 9.17) is 0 Å². The van der Waals surface area contributed by atoms with Gasteiger partial charge in [-0.2, -0.15) is 4.31 Å². The monoisotopic (exact) mass is 464 g/mol. The predicted molar refractivity (Wildman–Crippen MR) is 138 cm³/mol. The number of likely N-dealkylation sites (N-methyl/N-ethyl adjacent to an activating group) is 2. The molecule has 33 heavy (non-hydrogen) atoms. The first kappa shape index (κ1) is 25.2. The van der Waals surface area contributed by atoms with Gasteiger partial charge < -0.3 is 5.32 Å². The van der Waals surface area contributed by atoms with Crippen LogP contribution >= 0.6 is 0 Å². The van der Waals surface area contributed by atoms with Crippen LogP contribution in [0.1, 0.15) is 53.7 Å². The van der Waals surface area contributed by atoms with Crippen LogP contribution in [0.2, 0.25) is 0 Å². The van der Waals surface area contributed by atoms with E-state index in [0.717, 1.165) is 24.0 Å². The molecule has 2 unspecified atom stereocenters. The standard InChI is InChI=1S/C28H36N2O2S/c1-5-22-18-13-19-23(6-2)26(22)20-21-33(31,32)30(4)28(25-16-11-8-12-17-25)27(29-3)24-14-9-7-10-15-24/h7-19,27-29H,5-6,20-21H2,1-4H3. The molecule has 3 rings (SSSR count). The van der Waals surface area contributed by atoms with Gasteiger partial charge in [-0.1, -0.05) is 92.7 Å². The first-order valence-corrected chi connectivity index (χ1v) is 13.4. The third-order valence-corrected chi connectivity index (χ3v) is 8.32. The molecule has 0 aromatic heterocycles. The van der Waals surface area contributed by atoms with E-state index in [-0.39, 0.29) is 17.8 Å². The maximum Gasteiger partial charge on any atom is 0.214 e. The lowest BCUT2D eigenvalue weighted by molar-refractivity contribution is 0.302. The molecule has 2 atom stereocenters. The smallest absolute Gasteiger partial charge is 0.214 e. The third kappa shape index (κ3) is 5.91. The van der Waals surface area contributed by atoms with Crippen molar-refractivity contribution < 1.29 is 8.42 Å². The van der Waals surface area contributed by atoms with Gasteiger partial charge in [-0.3, -0.25) is 0 Å². The van der Waals surface area contributed by atoms with Crippen LogP contribution in [0.25, 0.3) is 0 Å². The first-order valence-electron chi connectivity index (χ1n) is 11.7. The molecule has 3 aromatic carbocycles. The van der Waals surface area contributed by atoms with Gasteiger partial charge in [0.2, 0.25) is 10.0 Å². The van der Waals surface area contributed by atoms with E-state index >= 15 is 0 Å². The normalized spacial score (nSPS) is 13.7. The summed E-state index contributed by atoms with van der Waals surface area (Å²) in [6, 6.07) is 25.7. The summed E-state index contributed by atoms with van der Waals surface area (Å²) < 4.78 is 28.9. The molecule has 1 N–H and O–H groups in total. The van der Waals surface area contributed by atoms with E-state index in [1.165, 1.54) is 16.7 Å². The number of aryl methyl sites for hydroxylation is 2. The van der Waals surface area contributed by atoms with E-state index in [1.807, 2.05) is 67.7 Å². The second-order valence-corrected chi connectivity index (χ2v) is 10.5. The maximum atomic E-state index is 13.7. The topological polar surface area (TPSA) is 49.4 Å². The summed E-state index contributed by atoms with van der Waals surface area (Å²) in [6.07, 6.45) is 2.33. The first-order chi connectivity index (χ1) is 15.9. The Kier molecular flexibility index (Phi) is 8.84. The fourth-order valence-electron chi connectivity index (χ4n) is 4.65. The lowest BCUT2D eigenvalue weighted by atomic mass is 9.93. The average Bonchev–Trinajstić information content (AvgIpc) is 2.86. The van der Waals surface area contributed by atoms with E-state index in [0.29, 0.717) is 6.42 Å². The Bertz CT molecular complexity index is 1090. The van der Waals surface area contributed by atoms with Crippen molar-refractivity contribution >= 4 is 10.0 Å². The number of benzene rings is 3. The van der Waals surface area contributed by atoms with Crippen molar-refractivity contribution in [1.29, 1.82) is 0 Å². The average molecular weight is 465 g/mol.